The highest BCUT2D eigenvalue weighted by molar-refractivity contribution is 6.31. The largest absolute Gasteiger partial charge is 0.384 e. The zero-order valence-corrected chi connectivity index (χ0v) is 12.4. The molecule has 19 heavy (non-hydrogen) atoms. The van der Waals surface area contributed by atoms with Gasteiger partial charge in [0.05, 0.1) is 0 Å². The maximum absolute atomic E-state index is 7.69. The Labute approximate surface area is 120 Å². The zero-order valence-electron chi connectivity index (χ0n) is 11.6. The van der Waals surface area contributed by atoms with Crippen molar-refractivity contribution in [2.45, 2.75) is 26.7 Å². The Bertz CT molecular complexity index is 462. The quantitative estimate of drug-likeness (QED) is 0.657. The van der Waals surface area contributed by atoms with Gasteiger partial charge in [-0.1, -0.05) is 25.4 Å². The molecule has 0 aromatic heterocycles. The van der Waals surface area contributed by atoms with Crippen LogP contribution < -0.4 is 10.6 Å². The van der Waals surface area contributed by atoms with Gasteiger partial charge in [-0.05, 0) is 42.9 Å². The summed E-state index contributed by atoms with van der Waals surface area (Å²) in [4.78, 5) is 2.33. The van der Waals surface area contributed by atoms with Crippen molar-refractivity contribution in [3.05, 3.63) is 28.8 Å². The van der Waals surface area contributed by atoms with E-state index in [4.69, 9.17) is 22.7 Å². The number of amidine groups is 1. The molecular weight excluding hydrogens is 258 g/mol. The Morgan fingerprint density at radius 2 is 2.00 bits per heavy atom. The normalized spacial score (nSPS) is 16.9. The van der Waals surface area contributed by atoms with Crippen LogP contribution in [0.2, 0.25) is 5.02 Å². The van der Waals surface area contributed by atoms with E-state index in [9.17, 15) is 0 Å². The summed E-state index contributed by atoms with van der Waals surface area (Å²) >= 11 is 5.99. The number of hydrogen-bond acceptors (Lipinski definition) is 2. The number of nitrogens with one attached hydrogen (secondary N) is 1. The van der Waals surface area contributed by atoms with Crippen LogP contribution in [0.15, 0.2) is 18.2 Å². The number of piperidine rings is 1. The molecule has 3 nitrogen and oxygen atoms in total. The van der Waals surface area contributed by atoms with Gasteiger partial charge in [0.1, 0.15) is 5.84 Å². The Kier molecular flexibility index (Phi) is 4.35. The fraction of sp³-hybridized carbons (Fsp3) is 0.533. The summed E-state index contributed by atoms with van der Waals surface area (Å²) in [7, 11) is 0. The first-order valence-electron chi connectivity index (χ1n) is 6.88. The lowest BCUT2D eigenvalue weighted by Crippen LogP contribution is -2.36. The van der Waals surface area contributed by atoms with E-state index < -0.39 is 0 Å². The van der Waals surface area contributed by atoms with Crippen LogP contribution in [-0.2, 0) is 0 Å². The number of nitrogens with two attached hydrogens (primary N) is 1. The first-order valence-corrected chi connectivity index (χ1v) is 7.25. The minimum Gasteiger partial charge on any atom is -0.384 e. The Balaban J connectivity index is 2.17. The molecular formula is C15H22ClN3. The molecule has 1 fully saturated rings. The smallest absolute Gasteiger partial charge is 0.124 e. The van der Waals surface area contributed by atoms with Gasteiger partial charge in [-0.2, -0.15) is 0 Å². The number of nitrogen functional groups attached to an aromatic ring is 1. The standard InChI is InChI=1S/C15H22ClN3/c1-10(2)11-5-7-19(8-6-11)14-4-3-12(16)9-13(14)15(17)18/h3-4,9-11H,5-8H2,1-2H3,(H3,17,18). The van der Waals surface area contributed by atoms with Crippen LogP contribution in [0, 0.1) is 17.2 Å². The minimum atomic E-state index is 0.0866. The molecule has 104 valence electrons. The van der Waals surface area contributed by atoms with Crippen LogP contribution in [0.5, 0.6) is 0 Å². The molecule has 2 rings (SSSR count). The Hall–Kier alpha value is -1.22. The molecule has 3 N–H and O–H groups in total. The lowest BCUT2D eigenvalue weighted by Gasteiger charge is -2.36. The predicted octanol–water partition coefficient (Wildman–Crippen LogP) is 3.50. The highest BCUT2D eigenvalue weighted by Crippen LogP contribution is 2.30. The highest BCUT2D eigenvalue weighted by Gasteiger charge is 2.23. The van der Waals surface area contributed by atoms with Crippen LogP contribution in [-0.4, -0.2) is 18.9 Å². The van der Waals surface area contributed by atoms with Crippen LogP contribution >= 0.6 is 11.6 Å². The minimum absolute atomic E-state index is 0.0866. The molecule has 1 heterocycles. The van der Waals surface area contributed by atoms with Crippen molar-refractivity contribution in [2.75, 3.05) is 18.0 Å². The molecule has 0 unspecified atom stereocenters. The van der Waals surface area contributed by atoms with Crippen LogP contribution in [0.4, 0.5) is 5.69 Å². The van der Waals surface area contributed by atoms with Crippen molar-refractivity contribution in [1.82, 2.24) is 0 Å². The molecule has 0 radical (unpaired) electrons. The van der Waals surface area contributed by atoms with Gasteiger partial charge in [0, 0.05) is 29.4 Å². The highest BCUT2D eigenvalue weighted by atomic mass is 35.5. The summed E-state index contributed by atoms with van der Waals surface area (Å²) in [6.07, 6.45) is 2.41. The van der Waals surface area contributed by atoms with Crippen molar-refractivity contribution >= 4 is 23.1 Å². The third-order valence-electron chi connectivity index (χ3n) is 4.07. The molecule has 0 aliphatic carbocycles. The van der Waals surface area contributed by atoms with Crippen LogP contribution in [0.25, 0.3) is 0 Å². The second kappa shape index (κ2) is 5.83. The zero-order chi connectivity index (χ0) is 14.0. The summed E-state index contributed by atoms with van der Waals surface area (Å²) < 4.78 is 0. The number of halogens is 1. The molecule has 1 aliphatic rings. The second-order valence-electron chi connectivity index (χ2n) is 5.64. The van der Waals surface area contributed by atoms with Gasteiger partial charge in [0.2, 0.25) is 0 Å². The predicted molar refractivity (Wildman–Crippen MR) is 82.2 cm³/mol. The number of nitrogens with zero attached hydrogens (tertiary/aromatic N) is 1. The average Bonchev–Trinajstić information content (AvgIpc) is 2.38. The number of hydrogen-bond donors (Lipinski definition) is 2. The van der Waals surface area contributed by atoms with E-state index in [0.29, 0.717) is 5.02 Å². The summed E-state index contributed by atoms with van der Waals surface area (Å²) in [5, 5.41) is 8.32. The van der Waals surface area contributed by atoms with Gasteiger partial charge in [0.15, 0.2) is 0 Å². The first-order chi connectivity index (χ1) is 8.99. The monoisotopic (exact) mass is 279 g/mol. The van der Waals surface area contributed by atoms with Crippen molar-refractivity contribution in [3.63, 3.8) is 0 Å². The Morgan fingerprint density at radius 1 is 1.37 bits per heavy atom. The van der Waals surface area contributed by atoms with E-state index in [1.807, 2.05) is 12.1 Å². The number of rotatable bonds is 3. The lowest BCUT2D eigenvalue weighted by atomic mass is 9.86. The van der Waals surface area contributed by atoms with Gasteiger partial charge in [-0.3, -0.25) is 5.41 Å². The van der Waals surface area contributed by atoms with E-state index in [-0.39, 0.29) is 5.84 Å². The van der Waals surface area contributed by atoms with Gasteiger partial charge in [-0.25, -0.2) is 0 Å². The molecule has 0 spiro atoms. The van der Waals surface area contributed by atoms with E-state index in [1.54, 1.807) is 6.07 Å². The maximum Gasteiger partial charge on any atom is 0.124 e. The SMILES string of the molecule is CC(C)C1CCN(c2ccc(Cl)cc2C(=N)N)CC1. The molecule has 0 saturated carbocycles. The van der Waals surface area contributed by atoms with Crippen LogP contribution in [0.3, 0.4) is 0 Å². The molecule has 0 amide bonds. The van der Waals surface area contributed by atoms with Crippen LogP contribution in [0.1, 0.15) is 32.3 Å². The van der Waals surface area contributed by atoms with Crippen molar-refractivity contribution in [3.8, 4) is 0 Å². The van der Waals surface area contributed by atoms with E-state index >= 15 is 0 Å². The molecule has 0 bridgehead atoms. The number of anilines is 1. The molecule has 1 aromatic rings. The lowest BCUT2D eigenvalue weighted by molar-refractivity contribution is 0.311. The van der Waals surface area contributed by atoms with Crippen molar-refractivity contribution in [2.24, 2.45) is 17.6 Å². The molecule has 0 atom stereocenters. The van der Waals surface area contributed by atoms with Gasteiger partial charge < -0.3 is 10.6 Å². The molecule has 1 aliphatic heterocycles. The van der Waals surface area contributed by atoms with Crippen molar-refractivity contribution in [1.29, 1.82) is 5.41 Å². The maximum atomic E-state index is 7.69. The molecule has 4 heteroatoms. The summed E-state index contributed by atoms with van der Waals surface area (Å²) in [6, 6.07) is 5.64. The second-order valence-corrected chi connectivity index (χ2v) is 6.08. The molecule has 1 saturated heterocycles. The first kappa shape index (κ1) is 14.2. The summed E-state index contributed by atoms with van der Waals surface area (Å²) in [5.74, 6) is 1.65. The van der Waals surface area contributed by atoms with Gasteiger partial charge in [0.25, 0.3) is 0 Å². The third-order valence-corrected chi connectivity index (χ3v) is 4.31. The van der Waals surface area contributed by atoms with E-state index in [1.165, 1.54) is 12.8 Å². The van der Waals surface area contributed by atoms with E-state index in [2.05, 4.69) is 18.7 Å². The Morgan fingerprint density at radius 3 is 2.53 bits per heavy atom. The van der Waals surface area contributed by atoms with Gasteiger partial charge in [-0.15, -0.1) is 0 Å². The molecule has 1 aromatic carbocycles. The average molecular weight is 280 g/mol. The summed E-state index contributed by atoms with van der Waals surface area (Å²) in [6.45, 7) is 6.66. The topological polar surface area (TPSA) is 53.1 Å². The number of benzene rings is 1. The third kappa shape index (κ3) is 3.21. The summed E-state index contributed by atoms with van der Waals surface area (Å²) in [5.41, 5.74) is 7.45. The van der Waals surface area contributed by atoms with E-state index in [0.717, 1.165) is 36.2 Å². The van der Waals surface area contributed by atoms with Crippen molar-refractivity contribution < 1.29 is 0 Å². The fourth-order valence-corrected chi connectivity index (χ4v) is 2.98. The fourth-order valence-electron chi connectivity index (χ4n) is 2.81. The van der Waals surface area contributed by atoms with Gasteiger partial charge >= 0.3 is 0 Å².